The van der Waals surface area contributed by atoms with Crippen molar-refractivity contribution in [2.24, 2.45) is 0 Å². The van der Waals surface area contributed by atoms with Crippen molar-refractivity contribution in [3.8, 4) is 0 Å². The molecule has 0 saturated carbocycles. The highest BCUT2D eigenvalue weighted by Crippen LogP contribution is 2.38. The van der Waals surface area contributed by atoms with Crippen LogP contribution in [-0.4, -0.2) is 0 Å². The molecule has 1 aromatic heterocycles. The van der Waals surface area contributed by atoms with Gasteiger partial charge in [-0.25, -0.2) is 0 Å². The Balaban J connectivity index is 2.18. The number of rotatable bonds is 2. The van der Waals surface area contributed by atoms with Crippen LogP contribution in [0.3, 0.4) is 0 Å². The number of hydrogen-bond acceptors (Lipinski definition) is 1. The van der Waals surface area contributed by atoms with Crippen LogP contribution >= 0.6 is 43.5 Å². The first-order valence-electron chi connectivity index (χ1n) is 5.73. The summed E-state index contributed by atoms with van der Waals surface area (Å²) in [5.74, 6) is 0.803. The summed E-state index contributed by atoms with van der Waals surface area (Å²) in [5, 5.41) is 2.77. The summed E-state index contributed by atoms with van der Waals surface area (Å²) in [6.07, 6.45) is 0. The van der Waals surface area contributed by atoms with Gasteiger partial charge in [0.15, 0.2) is 5.22 Å². The summed E-state index contributed by atoms with van der Waals surface area (Å²) in [4.78, 5) is -0.0157. The molecule has 2 aromatic carbocycles. The lowest BCUT2D eigenvalue weighted by atomic mass is 10.0. The van der Waals surface area contributed by atoms with Crippen LogP contribution in [0.2, 0.25) is 5.22 Å². The molecule has 0 aliphatic rings. The first-order chi connectivity index (χ1) is 9.16. The van der Waals surface area contributed by atoms with E-state index in [4.69, 9.17) is 16.0 Å². The van der Waals surface area contributed by atoms with Gasteiger partial charge in [-0.2, -0.15) is 0 Å². The van der Waals surface area contributed by atoms with Crippen LogP contribution in [0.4, 0.5) is 0 Å². The van der Waals surface area contributed by atoms with Crippen molar-refractivity contribution in [2.45, 2.75) is 4.83 Å². The Bertz CT molecular complexity index is 736. The minimum absolute atomic E-state index is 0.0157. The van der Waals surface area contributed by atoms with E-state index in [2.05, 4.69) is 56.1 Å². The maximum atomic E-state index is 5.84. The Labute approximate surface area is 132 Å². The molecule has 0 saturated heterocycles. The van der Waals surface area contributed by atoms with E-state index in [0.717, 1.165) is 15.8 Å². The van der Waals surface area contributed by atoms with Gasteiger partial charge in [-0.15, -0.1) is 0 Å². The van der Waals surface area contributed by atoms with Crippen molar-refractivity contribution in [1.82, 2.24) is 0 Å². The second kappa shape index (κ2) is 5.31. The fourth-order valence-electron chi connectivity index (χ4n) is 2.12. The van der Waals surface area contributed by atoms with E-state index in [-0.39, 0.29) is 4.83 Å². The molecule has 0 fully saturated rings. The zero-order valence-electron chi connectivity index (χ0n) is 9.74. The number of hydrogen-bond donors (Lipinski definition) is 0. The molecule has 1 heterocycles. The summed E-state index contributed by atoms with van der Waals surface area (Å²) < 4.78 is 6.57. The molecule has 19 heavy (non-hydrogen) atoms. The summed E-state index contributed by atoms with van der Waals surface area (Å²) in [7, 11) is 0. The Hall–Kier alpha value is -0.770. The molecule has 0 aliphatic carbocycles. The molecule has 3 aromatic rings. The SMILES string of the molecule is Clc1ccc(C(Br)c2ccc(Br)c3ccccc23)o1. The monoisotopic (exact) mass is 398 g/mol. The van der Waals surface area contributed by atoms with Crippen LogP contribution in [0.1, 0.15) is 16.2 Å². The van der Waals surface area contributed by atoms with E-state index in [1.54, 1.807) is 6.07 Å². The molecule has 0 radical (unpaired) electrons. The molecule has 0 aliphatic heterocycles. The number of fused-ring (bicyclic) bond motifs is 1. The van der Waals surface area contributed by atoms with Gasteiger partial charge in [0.05, 0.1) is 4.83 Å². The van der Waals surface area contributed by atoms with E-state index in [1.165, 1.54) is 10.8 Å². The molecule has 1 atom stereocenters. The maximum Gasteiger partial charge on any atom is 0.193 e. The lowest BCUT2D eigenvalue weighted by Crippen LogP contribution is -1.92. The third-order valence-corrected chi connectivity index (χ3v) is 4.86. The number of benzene rings is 2. The summed E-state index contributed by atoms with van der Waals surface area (Å²) in [6.45, 7) is 0. The lowest BCUT2D eigenvalue weighted by Gasteiger charge is -2.12. The second-order valence-electron chi connectivity index (χ2n) is 4.19. The van der Waals surface area contributed by atoms with Gasteiger partial charge in [-0.3, -0.25) is 0 Å². The van der Waals surface area contributed by atoms with Crippen molar-refractivity contribution < 1.29 is 4.42 Å². The van der Waals surface area contributed by atoms with Crippen LogP contribution in [-0.2, 0) is 0 Å². The summed E-state index contributed by atoms with van der Waals surface area (Å²) in [6, 6.07) is 16.0. The fraction of sp³-hybridized carbons (Fsp3) is 0.0667. The molecule has 1 unspecified atom stereocenters. The van der Waals surface area contributed by atoms with E-state index < -0.39 is 0 Å². The normalized spacial score (nSPS) is 12.8. The third kappa shape index (κ3) is 2.47. The van der Waals surface area contributed by atoms with Crippen LogP contribution < -0.4 is 0 Å². The quantitative estimate of drug-likeness (QED) is 0.458. The lowest BCUT2D eigenvalue weighted by molar-refractivity contribution is 0.522. The molecule has 0 N–H and O–H groups in total. The van der Waals surface area contributed by atoms with E-state index in [9.17, 15) is 0 Å². The minimum Gasteiger partial charge on any atom is -0.448 e. The van der Waals surface area contributed by atoms with E-state index in [1.807, 2.05) is 18.2 Å². The highest BCUT2D eigenvalue weighted by Gasteiger charge is 2.17. The van der Waals surface area contributed by atoms with E-state index in [0.29, 0.717) is 5.22 Å². The van der Waals surface area contributed by atoms with Crippen molar-refractivity contribution in [3.05, 3.63) is 69.5 Å². The Morgan fingerprint density at radius 2 is 1.68 bits per heavy atom. The average molecular weight is 400 g/mol. The molecule has 4 heteroatoms. The first kappa shape index (κ1) is 13.2. The third-order valence-electron chi connectivity index (χ3n) is 3.02. The Morgan fingerprint density at radius 3 is 2.37 bits per heavy atom. The molecule has 0 spiro atoms. The zero-order valence-corrected chi connectivity index (χ0v) is 13.7. The fourth-order valence-corrected chi connectivity index (χ4v) is 3.40. The highest BCUT2D eigenvalue weighted by molar-refractivity contribution is 9.10. The highest BCUT2D eigenvalue weighted by atomic mass is 79.9. The van der Waals surface area contributed by atoms with Gasteiger partial charge >= 0.3 is 0 Å². The number of alkyl halides is 1. The second-order valence-corrected chi connectivity index (χ2v) is 6.33. The summed E-state index contributed by atoms with van der Waals surface area (Å²) in [5.41, 5.74) is 1.16. The zero-order chi connectivity index (χ0) is 13.4. The van der Waals surface area contributed by atoms with Gasteiger partial charge in [-0.05, 0) is 46.1 Å². The Kier molecular flexibility index (Phi) is 3.70. The van der Waals surface area contributed by atoms with Gasteiger partial charge in [0.25, 0.3) is 0 Å². The maximum absolute atomic E-state index is 5.84. The topological polar surface area (TPSA) is 13.1 Å². The van der Waals surface area contributed by atoms with Crippen molar-refractivity contribution >= 4 is 54.2 Å². The molecule has 0 amide bonds. The van der Waals surface area contributed by atoms with Crippen LogP contribution in [0.5, 0.6) is 0 Å². The largest absolute Gasteiger partial charge is 0.448 e. The van der Waals surface area contributed by atoms with Crippen molar-refractivity contribution in [3.63, 3.8) is 0 Å². The first-order valence-corrected chi connectivity index (χ1v) is 7.82. The van der Waals surface area contributed by atoms with E-state index >= 15 is 0 Å². The van der Waals surface area contributed by atoms with Gasteiger partial charge < -0.3 is 4.42 Å². The van der Waals surface area contributed by atoms with Crippen molar-refractivity contribution in [2.75, 3.05) is 0 Å². The number of halogens is 3. The average Bonchev–Trinajstić information content (AvgIpc) is 2.86. The van der Waals surface area contributed by atoms with Gasteiger partial charge in [0.1, 0.15) is 5.76 Å². The number of furan rings is 1. The molecule has 1 nitrogen and oxygen atoms in total. The van der Waals surface area contributed by atoms with Gasteiger partial charge in [0.2, 0.25) is 0 Å². The predicted octanol–water partition coefficient (Wildman–Crippen LogP) is 6.33. The predicted molar refractivity (Wildman–Crippen MR) is 86.1 cm³/mol. The van der Waals surface area contributed by atoms with Crippen LogP contribution in [0, 0.1) is 0 Å². The molecule has 3 rings (SSSR count). The molecular formula is C15H9Br2ClO. The van der Waals surface area contributed by atoms with Gasteiger partial charge in [-0.1, -0.05) is 62.2 Å². The van der Waals surface area contributed by atoms with Crippen LogP contribution in [0.15, 0.2) is 57.4 Å². The standard InChI is InChI=1S/C15H9Br2ClO/c16-12-6-5-11(9-3-1-2-4-10(9)12)15(17)13-7-8-14(18)19-13/h1-8,15H. The molecular weight excluding hydrogens is 391 g/mol. The Morgan fingerprint density at radius 1 is 0.947 bits per heavy atom. The smallest absolute Gasteiger partial charge is 0.193 e. The molecule has 96 valence electrons. The molecule has 0 bridgehead atoms. The van der Waals surface area contributed by atoms with Gasteiger partial charge in [0, 0.05) is 4.47 Å². The minimum atomic E-state index is -0.0157. The van der Waals surface area contributed by atoms with Crippen molar-refractivity contribution in [1.29, 1.82) is 0 Å². The van der Waals surface area contributed by atoms with Crippen LogP contribution in [0.25, 0.3) is 10.8 Å². The summed E-state index contributed by atoms with van der Waals surface area (Å²) >= 11 is 13.1.